The van der Waals surface area contributed by atoms with E-state index in [1.807, 2.05) is 42.5 Å². The third kappa shape index (κ3) is 5.62. The molecule has 40 heavy (non-hydrogen) atoms. The molecule has 3 aromatic heterocycles. The largest absolute Gasteiger partial charge is 0.302 e. The normalized spacial score (nSPS) is 10.8. The molecule has 0 N–H and O–H groups in total. The van der Waals surface area contributed by atoms with E-state index in [2.05, 4.69) is 111 Å². The predicted octanol–water partition coefficient (Wildman–Crippen LogP) is 9.85. The van der Waals surface area contributed by atoms with E-state index in [4.69, 9.17) is 4.98 Å². The number of thiophene rings is 1. The molecule has 3 heterocycles. The van der Waals surface area contributed by atoms with Gasteiger partial charge >= 0.3 is 0 Å². The second-order valence-electron chi connectivity index (χ2n) is 9.98. The fourth-order valence-corrected chi connectivity index (χ4v) is 6.40. The van der Waals surface area contributed by atoms with Crippen LogP contribution in [0.1, 0.15) is 22.4 Å². The van der Waals surface area contributed by atoms with E-state index in [0.29, 0.717) is 0 Å². The summed E-state index contributed by atoms with van der Waals surface area (Å²) in [6.07, 6.45) is 0. The number of benzene rings is 4. The van der Waals surface area contributed by atoms with Crippen molar-refractivity contribution in [3.63, 3.8) is 0 Å². The van der Waals surface area contributed by atoms with E-state index >= 15 is 0 Å². The van der Waals surface area contributed by atoms with Crippen molar-refractivity contribution in [2.45, 2.75) is 27.7 Å². The van der Waals surface area contributed by atoms with Gasteiger partial charge in [0, 0.05) is 40.6 Å². The van der Waals surface area contributed by atoms with Gasteiger partial charge in [0.15, 0.2) is 0 Å². The number of aromatic nitrogens is 2. The molecule has 0 bridgehead atoms. The number of rotatable bonds is 2. The smallest absolute Gasteiger partial charge is 0.0610 e. The third-order valence-corrected chi connectivity index (χ3v) is 7.90. The van der Waals surface area contributed by atoms with Gasteiger partial charge in [-0.15, -0.1) is 82.1 Å². The Balaban J connectivity index is 0.000000184. The van der Waals surface area contributed by atoms with Gasteiger partial charge in [-0.3, -0.25) is 4.98 Å². The van der Waals surface area contributed by atoms with E-state index in [-0.39, 0.29) is 20.1 Å². The summed E-state index contributed by atoms with van der Waals surface area (Å²) in [7, 11) is 0. The summed E-state index contributed by atoms with van der Waals surface area (Å²) < 4.78 is 2.62. The number of hydrogen-bond acceptors (Lipinski definition) is 3. The Bertz CT molecular complexity index is 1920. The predicted molar refractivity (Wildman–Crippen MR) is 166 cm³/mol. The Hall–Kier alpha value is -3.69. The maximum Gasteiger partial charge on any atom is 0.0610 e. The molecule has 0 saturated carbocycles. The topological polar surface area (TPSA) is 25.8 Å². The number of fused-ring (bicyclic) bond motifs is 5. The molecule has 0 spiro atoms. The van der Waals surface area contributed by atoms with Crippen molar-refractivity contribution < 1.29 is 20.1 Å². The van der Waals surface area contributed by atoms with E-state index in [1.165, 1.54) is 36.7 Å². The zero-order chi connectivity index (χ0) is 26.9. The summed E-state index contributed by atoms with van der Waals surface area (Å²) in [5.74, 6) is 0. The number of pyridine rings is 2. The molecule has 0 aliphatic heterocycles. The SMILES string of the molecule is Cc1[c-]c(-c2nc3ccccc3c3sc4ccccc4c23)cc(C)c1.Cc1cc(C)nc(-c2[c-]cccc2)c1.[Ir]. The molecule has 0 amide bonds. The van der Waals surface area contributed by atoms with Crippen LogP contribution >= 0.6 is 11.3 Å². The van der Waals surface area contributed by atoms with Crippen LogP contribution in [0.5, 0.6) is 0 Å². The molecule has 199 valence electrons. The first-order valence-electron chi connectivity index (χ1n) is 13.1. The van der Waals surface area contributed by atoms with Gasteiger partial charge in [0.2, 0.25) is 0 Å². The molecule has 7 rings (SSSR count). The average molecular weight is 713 g/mol. The van der Waals surface area contributed by atoms with E-state index in [9.17, 15) is 0 Å². The van der Waals surface area contributed by atoms with Gasteiger partial charge in [0.25, 0.3) is 0 Å². The number of nitrogens with zero attached hydrogens (tertiary/aromatic N) is 2. The van der Waals surface area contributed by atoms with Crippen molar-refractivity contribution in [2.24, 2.45) is 0 Å². The first-order valence-corrected chi connectivity index (χ1v) is 13.9. The van der Waals surface area contributed by atoms with Gasteiger partial charge in [-0.1, -0.05) is 61.9 Å². The minimum atomic E-state index is 0. The molecule has 1 radical (unpaired) electrons. The first kappa shape index (κ1) is 27.9. The Morgan fingerprint density at radius 2 is 1.40 bits per heavy atom. The van der Waals surface area contributed by atoms with Gasteiger partial charge in [0.1, 0.15) is 0 Å². The summed E-state index contributed by atoms with van der Waals surface area (Å²) in [5.41, 5.74) is 9.91. The number of aryl methyl sites for hydroxylation is 4. The molecule has 0 fully saturated rings. The van der Waals surface area contributed by atoms with E-state index < -0.39 is 0 Å². The van der Waals surface area contributed by atoms with Gasteiger partial charge < -0.3 is 4.98 Å². The van der Waals surface area contributed by atoms with Crippen LogP contribution in [0.2, 0.25) is 0 Å². The van der Waals surface area contributed by atoms with Crippen LogP contribution in [0.3, 0.4) is 0 Å². The quantitative estimate of drug-likeness (QED) is 0.167. The Morgan fingerprint density at radius 3 is 2.15 bits per heavy atom. The van der Waals surface area contributed by atoms with Gasteiger partial charge in [-0.05, 0) is 54.2 Å². The zero-order valence-corrected chi connectivity index (χ0v) is 26.1. The maximum atomic E-state index is 5.05. The molecular weight excluding hydrogens is 685 g/mol. The third-order valence-electron chi connectivity index (χ3n) is 6.70. The van der Waals surface area contributed by atoms with Crippen LogP contribution in [-0.2, 0) is 20.1 Å². The maximum absolute atomic E-state index is 5.05. The Labute approximate surface area is 253 Å². The van der Waals surface area contributed by atoms with Crippen molar-refractivity contribution in [1.29, 1.82) is 0 Å². The minimum Gasteiger partial charge on any atom is -0.302 e. The standard InChI is InChI=1S/C23H16NS.C13H12N.Ir/c1-14-11-15(2)13-16(12-14)22-21-18-8-4-6-10-20(18)25-23(21)17-7-3-5-9-19(17)24-22;1-10-8-11(2)14-13(9-10)12-6-4-3-5-7-12;/h3-12H,1-2H3;3-6,8-9H,1-2H3;/q2*-1;. The fourth-order valence-electron chi connectivity index (χ4n) is 5.16. The van der Waals surface area contributed by atoms with Crippen molar-refractivity contribution in [1.82, 2.24) is 9.97 Å². The molecule has 4 aromatic carbocycles. The molecule has 0 atom stereocenters. The van der Waals surface area contributed by atoms with Crippen molar-refractivity contribution in [3.05, 3.63) is 132 Å². The van der Waals surface area contributed by atoms with Crippen LogP contribution in [-0.4, -0.2) is 9.97 Å². The van der Waals surface area contributed by atoms with Crippen molar-refractivity contribution >= 4 is 42.4 Å². The second kappa shape index (κ2) is 11.8. The van der Waals surface area contributed by atoms with Gasteiger partial charge in [-0.2, -0.15) is 0 Å². The molecular formula is C36H28IrN2S-2. The van der Waals surface area contributed by atoms with E-state index in [0.717, 1.165) is 39.3 Å². The van der Waals surface area contributed by atoms with Crippen molar-refractivity contribution in [3.8, 4) is 22.5 Å². The summed E-state index contributed by atoms with van der Waals surface area (Å²) in [5, 5.41) is 3.76. The molecule has 0 aliphatic carbocycles. The molecule has 4 heteroatoms. The summed E-state index contributed by atoms with van der Waals surface area (Å²) in [4.78, 5) is 9.53. The zero-order valence-electron chi connectivity index (χ0n) is 22.9. The number of hydrogen-bond donors (Lipinski definition) is 0. The second-order valence-corrected chi connectivity index (χ2v) is 11.0. The van der Waals surface area contributed by atoms with Crippen LogP contribution in [0, 0.1) is 39.8 Å². The molecule has 2 nitrogen and oxygen atoms in total. The van der Waals surface area contributed by atoms with Gasteiger partial charge in [-0.25, -0.2) is 0 Å². The van der Waals surface area contributed by atoms with Crippen LogP contribution in [0.15, 0.2) is 97.1 Å². The molecule has 0 unspecified atom stereocenters. The van der Waals surface area contributed by atoms with Crippen LogP contribution < -0.4 is 0 Å². The monoisotopic (exact) mass is 713 g/mol. The van der Waals surface area contributed by atoms with E-state index in [1.54, 1.807) is 0 Å². The van der Waals surface area contributed by atoms with Gasteiger partial charge in [0.05, 0.1) is 5.52 Å². The molecule has 7 aromatic rings. The molecule has 0 saturated heterocycles. The first-order chi connectivity index (χ1) is 19.0. The summed E-state index contributed by atoms with van der Waals surface area (Å²) in [6.45, 7) is 8.33. The van der Waals surface area contributed by atoms with Crippen molar-refractivity contribution in [2.75, 3.05) is 0 Å². The Morgan fingerprint density at radius 1 is 0.675 bits per heavy atom. The van der Waals surface area contributed by atoms with Crippen LogP contribution in [0.25, 0.3) is 53.6 Å². The minimum absolute atomic E-state index is 0. The number of para-hydroxylation sites is 1. The fraction of sp³-hybridized carbons (Fsp3) is 0.111. The summed E-state index contributed by atoms with van der Waals surface area (Å²) >= 11 is 1.85. The summed E-state index contributed by atoms with van der Waals surface area (Å²) in [6, 6.07) is 40.2. The average Bonchev–Trinajstić information content (AvgIpc) is 3.32. The Kier molecular flexibility index (Phi) is 8.23. The molecule has 0 aliphatic rings. The van der Waals surface area contributed by atoms with Crippen LogP contribution in [0.4, 0.5) is 0 Å².